The molecule has 0 saturated carbocycles. The van der Waals surface area contributed by atoms with Crippen LogP contribution in [0, 0.1) is 0 Å². The molecule has 162 valence electrons. The summed E-state index contributed by atoms with van der Waals surface area (Å²) in [7, 11) is 0. The first-order valence-corrected chi connectivity index (χ1v) is 10.2. The van der Waals surface area contributed by atoms with E-state index in [0.717, 1.165) is 11.1 Å². The number of alkyl carbamates (subject to hydrolysis) is 1. The zero-order valence-corrected chi connectivity index (χ0v) is 18.1. The summed E-state index contributed by atoms with van der Waals surface area (Å²) in [4.78, 5) is 26.2. The Hall–Kier alpha value is -2.86. The molecule has 2 rings (SSSR count). The highest BCUT2D eigenvalue weighted by Gasteiger charge is 2.16. The monoisotopic (exact) mass is 412 g/mol. The molecule has 2 aromatic rings. The van der Waals surface area contributed by atoms with Gasteiger partial charge in [0.2, 0.25) is 0 Å². The minimum atomic E-state index is -0.522. The molecule has 0 atom stereocenters. The Labute approximate surface area is 179 Å². The number of esters is 1. The highest BCUT2D eigenvalue weighted by atomic mass is 16.6. The van der Waals surface area contributed by atoms with Gasteiger partial charge in [-0.05, 0) is 38.3 Å². The lowest BCUT2D eigenvalue weighted by molar-refractivity contribution is -0.146. The average Bonchev–Trinajstić information content (AvgIpc) is 2.70. The number of benzene rings is 2. The normalized spacial score (nSPS) is 11.2. The SMILES string of the molecule is CC(C)(C)OC(=O)NCCCN(CC(=O)OCc1ccccc1)Cc1ccccc1. The molecular weight excluding hydrogens is 380 g/mol. The van der Waals surface area contributed by atoms with E-state index in [1.165, 1.54) is 0 Å². The molecule has 0 heterocycles. The third kappa shape index (κ3) is 10.1. The Balaban J connectivity index is 1.82. The van der Waals surface area contributed by atoms with Crippen molar-refractivity contribution in [3.05, 3.63) is 71.8 Å². The second-order valence-corrected chi connectivity index (χ2v) is 8.12. The van der Waals surface area contributed by atoms with Gasteiger partial charge in [0.25, 0.3) is 0 Å². The Morgan fingerprint density at radius 2 is 1.53 bits per heavy atom. The predicted octanol–water partition coefficient (Wildman–Crippen LogP) is 4.15. The summed E-state index contributed by atoms with van der Waals surface area (Å²) >= 11 is 0. The van der Waals surface area contributed by atoms with Crippen LogP contribution < -0.4 is 5.32 Å². The topological polar surface area (TPSA) is 67.9 Å². The van der Waals surface area contributed by atoms with Crippen LogP contribution in [-0.2, 0) is 27.4 Å². The molecule has 0 aliphatic rings. The summed E-state index contributed by atoms with van der Waals surface area (Å²) < 4.78 is 10.7. The van der Waals surface area contributed by atoms with Crippen molar-refractivity contribution in [2.75, 3.05) is 19.6 Å². The van der Waals surface area contributed by atoms with E-state index in [0.29, 0.717) is 26.1 Å². The van der Waals surface area contributed by atoms with E-state index in [-0.39, 0.29) is 19.1 Å². The molecular formula is C24H32N2O4. The van der Waals surface area contributed by atoms with Gasteiger partial charge in [-0.3, -0.25) is 9.69 Å². The number of rotatable bonds is 10. The maximum Gasteiger partial charge on any atom is 0.407 e. The van der Waals surface area contributed by atoms with E-state index in [9.17, 15) is 9.59 Å². The average molecular weight is 413 g/mol. The molecule has 6 heteroatoms. The minimum absolute atomic E-state index is 0.189. The first kappa shape index (κ1) is 23.4. The van der Waals surface area contributed by atoms with Crippen molar-refractivity contribution in [1.29, 1.82) is 0 Å². The van der Waals surface area contributed by atoms with E-state index in [1.807, 2.05) is 86.3 Å². The van der Waals surface area contributed by atoms with Crippen LogP contribution in [0.25, 0.3) is 0 Å². The molecule has 0 radical (unpaired) electrons. The van der Waals surface area contributed by atoms with Gasteiger partial charge in [0, 0.05) is 19.6 Å². The van der Waals surface area contributed by atoms with Crippen LogP contribution in [-0.4, -0.2) is 42.2 Å². The summed E-state index contributed by atoms with van der Waals surface area (Å²) in [5.41, 5.74) is 1.56. The van der Waals surface area contributed by atoms with Crippen molar-refractivity contribution in [2.24, 2.45) is 0 Å². The van der Waals surface area contributed by atoms with Crippen LogP contribution in [0.1, 0.15) is 38.3 Å². The van der Waals surface area contributed by atoms with E-state index in [2.05, 4.69) is 5.32 Å². The van der Waals surface area contributed by atoms with E-state index < -0.39 is 11.7 Å². The van der Waals surface area contributed by atoms with Crippen molar-refractivity contribution >= 4 is 12.1 Å². The molecule has 0 bridgehead atoms. The highest BCUT2D eigenvalue weighted by Crippen LogP contribution is 2.08. The third-order valence-corrected chi connectivity index (χ3v) is 4.16. The van der Waals surface area contributed by atoms with Crippen LogP contribution >= 0.6 is 0 Å². The Kier molecular flexibility index (Phi) is 9.35. The summed E-state index contributed by atoms with van der Waals surface area (Å²) in [5.74, 6) is -0.269. The fourth-order valence-electron chi connectivity index (χ4n) is 2.83. The van der Waals surface area contributed by atoms with Gasteiger partial charge >= 0.3 is 12.1 Å². The van der Waals surface area contributed by atoms with Gasteiger partial charge in [0.05, 0.1) is 6.54 Å². The van der Waals surface area contributed by atoms with Crippen LogP contribution in [0.5, 0.6) is 0 Å². The fourth-order valence-corrected chi connectivity index (χ4v) is 2.83. The number of carbonyl (C=O) groups is 2. The Bertz CT molecular complexity index is 773. The van der Waals surface area contributed by atoms with Crippen LogP contribution in [0.15, 0.2) is 60.7 Å². The number of nitrogens with zero attached hydrogens (tertiary/aromatic N) is 1. The molecule has 0 unspecified atom stereocenters. The van der Waals surface area contributed by atoms with E-state index >= 15 is 0 Å². The number of nitrogens with one attached hydrogen (secondary N) is 1. The summed E-state index contributed by atoms with van der Waals surface area (Å²) in [5, 5.41) is 2.75. The molecule has 0 fully saturated rings. The number of ether oxygens (including phenoxy) is 2. The second kappa shape index (κ2) is 12.0. The Morgan fingerprint density at radius 3 is 2.13 bits per heavy atom. The fraction of sp³-hybridized carbons (Fsp3) is 0.417. The third-order valence-electron chi connectivity index (χ3n) is 4.16. The minimum Gasteiger partial charge on any atom is -0.460 e. The maximum atomic E-state index is 12.4. The summed E-state index contributed by atoms with van der Waals surface area (Å²) in [6.07, 6.45) is 0.261. The molecule has 2 aromatic carbocycles. The molecule has 1 N–H and O–H groups in total. The second-order valence-electron chi connectivity index (χ2n) is 8.12. The largest absolute Gasteiger partial charge is 0.460 e. The standard InChI is InChI=1S/C24H32N2O4/c1-24(2,3)30-23(28)25-15-10-16-26(17-20-11-6-4-7-12-20)18-22(27)29-19-21-13-8-5-9-14-21/h4-9,11-14H,10,15-19H2,1-3H3,(H,25,28). The maximum absolute atomic E-state index is 12.4. The number of amides is 1. The van der Waals surface area contributed by atoms with Crippen molar-refractivity contribution in [3.63, 3.8) is 0 Å². The number of carbonyl (C=O) groups excluding carboxylic acids is 2. The lowest BCUT2D eigenvalue weighted by atomic mass is 10.2. The van der Waals surface area contributed by atoms with Crippen molar-refractivity contribution in [3.8, 4) is 0 Å². The van der Waals surface area contributed by atoms with Crippen molar-refractivity contribution in [2.45, 2.75) is 45.9 Å². The molecule has 0 saturated heterocycles. The molecule has 30 heavy (non-hydrogen) atoms. The molecule has 0 aromatic heterocycles. The van der Waals surface area contributed by atoms with Gasteiger partial charge in [0.1, 0.15) is 12.2 Å². The molecule has 0 aliphatic carbocycles. The van der Waals surface area contributed by atoms with Crippen LogP contribution in [0.2, 0.25) is 0 Å². The number of hydrogen-bond donors (Lipinski definition) is 1. The molecule has 1 amide bonds. The first-order chi connectivity index (χ1) is 14.3. The predicted molar refractivity (Wildman–Crippen MR) is 117 cm³/mol. The van der Waals surface area contributed by atoms with E-state index in [4.69, 9.17) is 9.47 Å². The number of hydrogen-bond acceptors (Lipinski definition) is 5. The summed E-state index contributed by atoms with van der Waals surface area (Å²) in [6, 6.07) is 19.6. The van der Waals surface area contributed by atoms with Gasteiger partial charge in [-0.15, -0.1) is 0 Å². The summed E-state index contributed by atoms with van der Waals surface area (Å²) in [6.45, 7) is 7.69. The van der Waals surface area contributed by atoms with Gasteiger partial charge < -0.3 is 14.8 Å². The van der Waals surface area contributed by atoms with Crippen LogP contribution in [0.4, 0.5) is 4.79 Å². The first-order valence-electron chi connectivity index (χ1n) is 10.2. The smallest absolute Gasteiger partial charge is 0.407 e. The van der Waals surface area contributed by atoms with Gasteiger partial charge in [-0.1, -0.05) is 60.7 Å². The zero-order valence-electron chi connectivity index (χ0n) is 18.1. The lowest BCUT2D eigenvalue weighted by Gasteiger charge is -2.22. The van der Waals surface area contributed by atoms with Crippen molar-refractivity contribution in [1.82, 2.24) is 10.2 Å². The Morgan fingerprint density at radius 1 is 0.933 bits per heavy atom. The van der Waals surface area contributed by atoms with E-state index in [1.54, 1.807) is 0 Å². The van der Waals surface area contributed by atoms with Crippen LogP contribution in [0.3, 0.4) is 0 Å². The lowest BCUT2D eigenvalue weighted by Crippen LogP contribution is -2.36. The molecule has 6 nitrogen and oxygen atoms in total. The van der Waals surface area contributed by atoms with Crippen molar-refractivity contribution < 1.29 is 19.1 Å². The van der Waals surface area contributed by atoms with Gasteiger partial charge in [-0.25, -0.2) is 4.79 Å². The zero-order chi connectivity index (χ0) is 21.8. The van der Waals surface area contributed by atoms with Gasteiger partial charge in [-0.2, -0.15) is 0 Å². The quantitative estimate of drug-likeness (QED) is 0.469. The highest BCUT2D eigenvalue weighted by molar-refractivity contribution is 5.71. The van der Waals surface area contributed by atoms with Gasteiger partial charge in [0.15, 0.2) is 0 Å². The molecule has 0 aliphatic heterocycles. The molecule has 0 spiro atoms.